The second kappa shape index (κ2) is 6.21. The Bertz CT molecular complexity index is 465. The summed E-state index contributed by atoms with van der Waals surface area (Å²) in [6, 6.07) is 8.15. The molecule has 1 N–H and O–H groups in total. The summed E-state index contributed by atoms with van der Waals surface area (Å²) >= 11 is 0. The third-order valence-corrected chi connectivity index (χ3v) is 4.70. The summed E-state index contributed by atoms with van der Waals surface area (Å²) in [5.74, 6) is 0. The Morgan fingerprint density at radius 3 is 2.63 bits per heavy atom. The van der Waals surface area contributed by atoms with Crippen molar-refractivity contribution in [1.29, 1.82) is 5.26 Å². The quantitative estimate of drug-likeness (QED) is 0.866. The highest BCUT2D eigenvalue weighted by Gasteiger charge is 2.31. The molecule has 0 bridgehead atoms. The highest BCUT2D eigenvalue weighted by atomic mass is 14.9. The minimum Gasteiger partial charge on any atom is -0.312 e. The van der Waals surface area contributed by atoms with E-state index < -0.39 is 0 Å². The fourth-order valence-electron chi connectivity index (χ4n) is 3.21. The van der Waals surface area contributed by atoms with Gasteiger partial charge in [-0.2, -0.15) is 5.26 Å². The highest BCUT2D eigenvalue weighted by molar-refractivity contribution is 5.37. The third-order valence-electron chi connectivity index (χ3n) is 4.70. The maximum Gasteiger partial charge on any atom is 0.0991 e. The van der Waals surface area contributed by atoms with Crippen molar-refractivity contribution in [3.05, 3.63) is 34.9 Å². The molecule has 1 aromatic carbocycles. The fourth-order valence-corrected chi connectivity index (χ4v) is 3.21. The van der Waals surface area contributed by atoms with Crippen LogP contribution >= 0.6 is 0 Å². The fraction of sp³-hybridized carbons (Fsp3) is 0.588. The Labute approximate surface area is 116 Å². The molecule has 0 aromatic heterocycles. The minimum absolute atomic E-state index is 0.542. The number of benzene rings is 1. The van der Waals surface area contributed by atoms with Crippen LogP contribution < -0.4 is 5.32 Å². The largest absolute Gasteiger partial charge is 0.312 e. The van der Waals surface area contributed by atoms with Crippen LogP contribution in [0.2, 0.25) is 0 Å². The Morgan fingerprint density at radius 2 is 2.05 bits per heavy atom. The van der Waals surface area contributed by atoms with Gasteiger partial charge in [0.2, 0.25) is 0 Å². The molecule has 1 saturated carbocycles. The molecule has 19 heavy (non-hydrogen) atoms. The molecule has 0 heterocycles. The molecule has 0 saturated heterocycles. The number of rotatable bonds is 5. The first-order valence-electron chi connectivity index (χ1n) is 7.39. The molecular formula is C17H24N2. The van der Waals surface area contributed by atoms with E-state index in [9.17, 15) is 0 Å². The van der Waals surface area contributed by atoms with Gasteiger partial charge in [-0.25, -0.2) is 0 Å². The van der Waals surface area contributed by atoms with Gasteiger partial charge in [0.05, 0.1) is 11.6 Å². The van der Waals surface area contributed by atoms with E-state index in [1.165, 1.54) is 43.2 Å². The monoisotopic (exact) mass is 256 g/mol. The molecule has 0 unspecified atom stereocenters. The molecule has 1 aliphatic carbocycles. The van der Waals surface area contributed by atoms with E-state index in [1.54, 1.807) is 0 Å². The van der Waals surface area contributed by atoms with Crippen molar-refractivity contribution in [2.45, 2.75) is 52.5 Å². The van der Waals surface area contributed by atoms with Crippen LogP contribution in [0.3, 0.4) is 0 Å². The van der Waals surface area contributed by atoms with Gasteiger partial charge in [-0.05, 0) is 54.9 Å². The van der Waals surface area contributed by atoms with Crippen LogP contribution in [0.25, 0.3) is 0 Å². The van der Waals surface area contributed by atoms with E-state index in [1.807, 2.05) is 12.1 Å². The summed E-state index contributed by atoms with van der Waals surface area (Å²) in [5, 5.41) is 12.5. The molecule has 0 radical (unpaired) electrons. The van der Waals surface area contributed by atoms with Crippen molar-refractivity contribution in [3.63, 3.8) is 0 Å². The van der Waals surface area contributed by atoms with Crippen LogP contribution in [0.1, 0.15) is 55.7 Å². The maximum absolute atomic E-state index is 8.87. The molecule has 2 heteroatoms. The molecule has 102 valence electrons. The number of hydrogen-bond donors (Lipinski definition) is 1. The average molecular weight is 256 g/mol. The lowest BCUT2D eigenvalue weighted by Crippen LogP contribution is -2.31. The van der Waals surface area contributed by atoms with Crippen molar-refractivity contribution in [2.75, 3.05) is 6.54 Å². The summed E-state index contributed by atoms with van der Waals surface area (Å²) in [5.41, 5.74) is 3.81. The molecule has 2 rings (SSSR count). The highest BCUT2D eigenvalue weighted by Crippen LogP contribution is 2.40. The summed E-state index contributed by atoms with van der Waals surface area (Å²) in [6.45, 7) is 6.45. The number of aryl methyl sites for hydroxylation is 1. The summed E-state index contributed by atoms with van der Waals surface area (Å²) in [6.07, 6.45) is 6.83. The molecule has 1 aliphatic rings. The third kappa shape index (κ3) is 3.36. The molecule has 0 spiro atoms. The van der Waals surface area contributed by atoms with Crippen LogP contribution in [0.4, 0.5) is 0 Å². The van der Waals surface area contributed by atoms with Gasteiger partial charge in [-0.1, -0.05) is 25.8 Å². The zero-order valence-electron chi connectivity index (χ0n) is 12.1. The Balaban J connectivity index is 1.91. The smallest absolute Gasteiger partial charge is 0.0991 e. The predicted molar refractivity (Wildman–Crippen MR) is 78.8 cm³/mol. The van der Waals surface area contributed by atoms with Crippen molar-refractivity contribution in [3.8, 4) is 6.07 Å². The van der Waals surface area contributed by atoms with Crippen LogP contribution in [0, 0.1) is 23.7 Å². The molecule has 1 aromatic rings. The van der Waals surface area contributed by atoms with Crippen LogP contribution in [0.15, 0.2) is 18.2 Å². The Hall–Kier alpha value is -1.33. The zero-order valence-corrected chi connectivity index (χ0v) is 12.1. The predicted octanol–water partition coefficient (Wildman–Crippen LogP) is 3.93. The topological polar surface area (TPSA) is 35.8 Å². The van der Waals surface area contributed by atoms with Gasteiger partial charge in [0.25, 0.3) is 0 Å². The van der Waals surface area contributed by atoms with E-state index in [2.05, 4.69) is 31.3 Å². The molecule has 2 nitrogen and oxygen atoms in total. The van der Waals surface area contributed by atoms with Crippen LogP contribution in [-0.2, 0) is 6.54 Å². The van der Waals surface area contributed by atoms with E-state index in [4.69, 9.17) is 5.26 Å². The molecule has 0 aliphatic heterocycles. The second-order valence-corrected chi connectivity index (χ2v) is 5.92. The first-order valence-corrected chi connectivity index (χ1v) is 7.39. The first-order chi connectivity index (χ1) is 9.19. The van der Waals surface area contributed by atoms with Crippen molar-refractivity contribution in [1.82, 2.24) is 5.32 Å². The van der Waals surface area contributed by atoms with Gasteiger partial charge in [0.15, 0.2) is 0 Å². The lowest BCUT2D eigenvalue weighted by molar-refractivity contribution is 0.268. The Kier molecular flexibility index (Phi) is 4.61. The van der Waals surface area contributed by atoms with Crippen LogP contribution in [0.5, 0.6) is 0 Å². The van der Waals surface area contributed by atoms with Crippen LogP contribution in [-0.4, -0.2) is 6.54 Å². The van der Waals surface area contributed by atoms with Gasteiger partial charge in [-0.15, -0.1) is 0 Å². The van der Waals surface area contributed by atoms with E-state index >= 15 is 0 Å². The molecular weight excluding hydrogens is 232 g/mol. The van der Waals surface area contributed by atoms with E-state index in [0.717, 1.165) is 18.7 Å². The van der Waals surface area contributed by atoms with Gasteiger partial charge in [0.1, 0.15) is 0 Å². The molecule has 1 fully saturated rings. The lowest BCUT2D eigenvalue weighted by atomic mass is 9.83. The number of nitrogens with one attached hydrogen (secondary N) is 1. The second-order valence-electron chi connectivity index (χ2n) is 5.92. The average Bonchev–Trinajstić information content (AvgIpc) is 2.90. The van der Waals surface area contributed by atoms with Gasteiger partial charge >= 0.3 is 0 Å². The van der Waals surface area contributed by atoms with E-state index in [0.29, 0.717) is 5.41 Å². The van der Waals surface area contributed by atoms with Gasteiger partial charge < -0.3 is 5.32 Å². The molecule has 0 amide bonds. The maximum atomic E-state index is 8.87. The van der Waals surface area contributed by atoms with Gasteiger partial charge in [0, 0.05) is 13.1 Å². The van der Waals surface area contributed by atoms with Crippen molar-refractivity contribution < 1.29 is 0 Å². The zero-order chi connectivity index (χ0) is 13.7. The Morgan fingerprint density at radius 1 is 1.32 bits per heavy atom. The number of nitrogens with zero attached hydrogens (tertiary/aromatic N) is 1. The lowest BCUT2D eigenvalue weighted by Gasteiger charge is -2.28. The minimum atomic E-state index is 0.542. The molecule has 0 atom stereocenters. The van der Waals surface area contributed by atoms with Crippen molar-refractivity contribution in [2.24, 2.45) is 5.41 Å². The van der Waals surface area contributed by atoms with E-state index in [-0.39, 0.29) is 0 Å². The summed E-state index contributed by atoms with van der Waals surface area (Å²) in [7, 11) is 0. The SMILES string of the molecule is CCC1(CNCc2ccc(C#N)cc2C)CCCC1. The summed E-state index contributed by atoms with van der Waals surface area (Å²) in [4.78, 5) is 0. The normalized spacial score (nSPS) is 17.3. The standard InChI is InChI=1S/C17H24N2/c1-3-17(8-4-5-9-17)13-19-12-16-7-6-15(11-18)10-14(16)2/h6-7,10,19H,3-5,8-9,12-13H2,1-2H3. The first kappa shape index (κ1) is 14.1. The number of hydrogen-bond acceptors (Lipinski definition) is 2. The number of nitriles is 1. The van der Waals surface area contributed by atoms with Gasteiger partial charge in [-0.3, -0.25) is 0 Å². The summed E-state index contributed by atoms with van der Waals surface area (Å²) < 4.78 is 0. The van der Waals surface area contributed by atoms with Crippen molar-refractivity contribution >= 4 is 0 Å².